The Hall–Kier alpha value is -0.690. The van der Waals surface area contributed by atoms with Gasteiger partial charge in [-0.25, -0.2) is 5.01 Å². The van der Waals surface area contributed by atoms with Gasteiger partial charge in [0.15, 0.2) is 0 Å². The number of carbonyl (C=O) groups is 1. The van der Waals surface area contributed by atoms with Gasteiger partial charge in [0.05, 0.1) is 13.2 Å². The van der Waals surface area contributed by atoms with Crippen molar-refractivity contribution in [3.05, 3.63) is 0 Å². The third kappa shape index (κ3) is 4.44. The third-order valence-corrected chi connectivity index (χ3v) is 2.58. The van der Waals surface area contributed by atoms with E-state index >= 15 is 0 Å². The number of carbonyl (C=O) groups excluding carboxylic acids is 1. The molecule has 0 aromatic carbocycles. The van der Waals surface area contributed by atoms with Gasteiger partial charge in [-0.15, -0.1) is 0 Å². The second-order valence-electron chi connectivity index (χ2n) is 4.15. The van der Waals surface area contributed by atoms with Crippen LogP contribution in [0.25, 0.3) is 0 Å². The van der Waals surface area contributed by atoms with Crippen molar-refractivity contribution in [2.75, 3.05) is 46.9 Å². The highest BCUT2D eigenvalue weighted by Gasteiger charge is 2.18. The Labute approximate surface area is 96.7 Å². The number of nitrogens with two attached hydrogens (primary N) is 1. The number of nitrogens with zero attached hydrogens (tertiary/aromatic N) is 2. The number of rotatable bonds is 5. The molecule has 94 valence electrons. The van der Waals surface area contributed by atoms with Crippen molar-refractivity contribution < 1.29 is 9.53 Å². The molecule has 0 radical (unpaired) electrons. The molecule has 6 heteroatoms. The van der Waals surface area contributed by atoms with Gasteiger partial charge < -0.3 is 15.4 Å². The maximum absolute atomic E-state index is 11.5. The molecule has 0 bridgehead atoms. The first kappa shape index (κ1) is 13.4. The van der Waals surface area contributed by atoms with E-state index in [0.29, 0.717) is 13.0 Å². The first-order chi connectivity index (χ1) is 7.63. The van der Waals surface area contributed by atoms with E-state index in [1.807, 2.05) is 0 Å². The zero-order chi connectivity index (χ0) is 12.0. The molecule has 1 amide bonds. The van der Waals surface area contributed by atoms with Crippen molar-refractivity contribution in [1.82, 2.24) is 15.3 Å². The molecule has 16 heavy (non-hydrogen) atoms. The lowest BCUT2D eigenvalue weighted by molar-refractivity contribution is -0.129. The molecule has 6 nitrogen and oxygen atoms in total. The van der Waals surface area contributed by atoms with Gasteiger partial charge in [-0.3, -0.25) is 10.2 Å². The number of amides is 1. The van der Waals surface area contributed by atoms with E-state index in [2.05, 4.69) is 10.4 Å². The molecule has 0 aliphatic carbocycles. The Bertz CT molecular complexity index is 217. The Balaban J connectivity index is 2.32. The van der Waals surface area contributed by atoms with Gasteiger partial charge in [-0.05, 0) is 0 Å². The second-order valence-corrected chi connectivity index (χ2v) is 4.15. The predicted octanol–water partition coefficient (Wildman–Crippen LogP) is -1.37. The van der Waals surface area contributed by atoms with Crippen molar-refractivity contribution >= 4 is 5.91 Å². The molecule has 0 aromatic heterocycles. The predicted molar refractivity (Wildman–Crippen MR) is 61.7 cm³/mol. The van der Waals surface area contributed by atoms with Crippen LogP contribution in [0, 0.1) is 0 Å². The fourth-order valence-corrected chi connectivity index (χ4v) is 1.53. The first-order valence-electron chi connectivity index (χ1n) is 5.62. The quantitative estimate of drug-likeness (QED) is 0.610. The van der Waals surface area contributed by atoms with Gasteiger partial charge in [0, 0.05) is 46.2 Å². The lowest BCUT2D eigenvalue weighted by Crippen LogP contribution is -2.53. The van der Waals surface area contributed by atoms with Crippen LogP contribution in [0.4, 0.5) is 0 Å². The van der Waals surface area contributed by atoms with Gasteiger partial charge in [0.2, 0.25) is 5.91 Å². The van der Waals surface area contributed by atoms with Gasteiger partial charge in [-0.1, -0.05) is 0 Å². The summed E-state index contributed by atoms with van der Waals surface area (Å²) in [5, 5.41) is 2.07. The molecule has 0 aromatic rings. The number of ether oxygens (including phenoxy) is 1. The maximum Gasteiger partial charge on any atom is 0.223 e. The van der Waals surface area contributed by atoms with E-state index in [-0.39, 0.29) is 11.9 Å². The second kappa shape index (κ2) is 6.80. The average Bonchev–Trinajstić information content (AvgIpc) is 2.29. The minimum Gasteiger partial charge on any atom is -0.379 e. The minimum atomic E-state index is 0.00741. The molecule has 1 fully saturated rings. The van der Waals surface area contributed by atoms with Gasteiger partial charge in [-0.2, -0.15) is 0 Å². The van der Waals surface area contributed by atoms with Crippen LogP contribution in [0.1, 0.15) is 6.42 Å². The van der Waals surface area contributed by atoms with Crippen molar-refractivity contribution in [1.29, 1.82) is 0 Å². The van der Waals surface area contributed by atoms with Gasteiger partial charge >= 0.3 is 0 Å². The maximum atomic E-state index is 11.5. The summed E-state index contributed by atoms with van der Waals surface area (Å²) in [5.41, 5.74) is 8.92. The van der Waals surface area contributed by atoms with Crippen LogP contribution < -0.4 is 11.2 Å². The zero-order valence-electron chi connectivity index (χ0n) is 10.1. The summed E-state index contributed by atoms with van der Waals surface area (Å²) in [6, 6.07) is 0.00741. The normalized spacial score (nSPS) is 19.4. The van der Waals surface area contributed by atoms with Gasteiger partial charge in [0.1, 0.15) is 0 Å². The molecule has 1 aliphatic rings. The SMILES string of the molecule is CN(C)C(=O)CC(CN)NN1CCOCC1. The molecule has 0 spiro atoms. The van der Waals surface area contributed by atoms with Crippen LogP contribution in [0.2, 0.25) is 0 Å². The van der Waals surface area contributed by atoms with E-state index < -0.39 is 0 Å². The van der Waals surface area contributed by atoms with Crippen LogP contribution in [-0.4, -0.2) is 68.8 Å². The number of morpholine rings is 1. The Morgan fingerprint density at radius 2 is 2.12 bits per heavy atom. The fourth-order valence-electron chi connectivity index (χ4n) is 1.53. The van der Waals surface area contributed by atoms with Crippen molar-refractivity contribution in [3.8, 4) is 0 Å². The summed E-state index contributed by atoms with van der Waals surface area (Å²) in [5.74, 6) is 0.0937. The molecule has 1 heterocycles. The zero-order valence-corrected chi connectivity index (χ0v) is 10.1. The van der Waals surface area contributed by atoms with E-state index in [1.54, 1.807) is 19.0 Å². The Kier molecular flexibility index (Phi) is 5.68. The van der Waals surface area contributed by atoms with E-state index in [0.717, 1.165) is 26.3 Å². The van der Waals surface area contributed by atoms with Crippen LogP contribution in [-0.2, 0) is 9.53 Å². The molecular formula is C10H22N4O2. The van der Waals surface area contributed by atoms with Crippen LogP contribution >= 0.6 is 0 Å². The van der Waals surface area contributed by atoms with Gasteiger partial charge in [0.25, 0.3) is 0 Å². The number of hydrazine groups is 1. The summed E-state index contributed by atoms with van der Waals surface area (Å²) in [7, 11) is 3.51. The first-order valence-corrected chi connectivity index (χ1v) is 5.62. The molecule has 1 unspecified atom stereocenters. The summed E-state index contributed by atoms with van der Waals surface area (Å²) in [6.45, 7) is 3.59. The number of hydrogen-bond donors (Lipinski definition) is 2. The standard InChI is InChI=1S/C10H22N4O2/c1-13(2)10(15)7-9(8-11)12-14-3-5-16-6-4-14/h9,12H,3-8,11H2,1-2H3. The largest absolute Gasteiger partial charge is 0.379 e. The third-order valence-electron chi connectivity index (χ3n) is 2.58. The van der Waals surface area contributed by atoms with Crippen molar-refractivity contribution in [3.63, 3.8) is 0 Å². The molecule has 1 saturated heterocycles. The molecule has 1 aliphatic heterocycles. The highest BCUT2D eigenvalue weighted by Crippen LogP contribution is 1.99. The lowest BCUT2D eigenvalue weighted by Gasteiger charge is -2.31. The molecule has 3 N–H and O–H groups in total. The monoisotopic (exact) mass is 230 g/mol. The topological polar surface area (TPSA) is 70.8 Å². The number of hydrogen-bond acceptors (Lipinski definition) is 5. The van der Waals surface area contributed by atoms with Crippen molar-refractivity contribution in [2.24, 2.45) is 5.73 Å². The Morgan fingerprint density at radius 3 is 2.62 bits per heavy atom. The average molecular weight is 230 g/mol. The summed E-state index contributed by atoms with van der Waals surface area (Å²) in [6.07, 6.45) is 0.431. The minimum absolute atomic E-state index is 0.00741. The summed E-state index contributed by atoms with van der Waals surface area (Å²) < 4.78 is 5.25. The van der Waals surface area contributed by atoms with Crippen LogP contribution in [0.5, 0.6) is 0 Å². The van der Waals surface area contributed by atoms with E-state index in [4.69, 9.17) is 10.5 Å². The molecule has 1 atom stereocenters. The van der Waals surface area contributed by atoms with Crippen LogP contribution in [0.3, 0.4) is 0 Å². The van der Waals surface area contributed by atoms with Crippen molar-refractivity contribution in [2.45, 2.75) is 12.5 Å². The molecule has 1 rings (SSSR count). The lowest BCUT2D eigenvalue weighted by atomic mass is 10.2. The highest BCUT2D eigenvalue weighted by atomic mass is 16.5. The van der Waals surface area contributed by atoms with Crippen LogP contribution in [0.15, 0.2) is 0 Å². The highest BCUT2D eigenvalue weighted by molar-refractivity contribution is 5.76. The molecule has 0 saturated carbocycles. The van der Waals surface area contributed by atoms with E-state index in [9.17, 15) is 4.79 Å². The van der Waals surface area contributed by atoms with E-state index in [1.165, 1.54) is 0 Å². The summed E-state index contributed by atoms with van der Waals surface area (Å²) >= 11 is 0. The molecular weight excluding hydrogens is 208 g/mol. The fraction of sp³-hybridized carbons (Fsp3) is 0.900. The summed E-state index contributed by atoms with van der Waals surface area (Å²) in [4.78, 5) is 13.1. The Morgan fingerprint density at radius 1 is 1.50 bits per heavy atom. The number of nitrogens with one attached hydrogen (secondary N) is 1. The smallest absolute Gasteiger partial charge is 0.223 e.